The van der Waals surface area contributed by atoms with E-state index in [0.29, 0.717) is 17.0 Å². The standard InChI is InChI=1S/C23H18FN3O3/c1-30-19-8-2-16(3-9-19)20-21(26-18-6-4-17(24)5-7-18)23(29)27(22(20)28)14-15-10-12-25-13-11-15/h2-13,26H,14H2,1H3. The summed E-state index contributed by atoms with van der Waals surface area (Å²) in [4.78, 5) is 31.5. The maximum absolute atomic E-state index is 13.3. The van der Waals surface area contributed by atoms with Crippen LogP contribution in [0.1, 0.15) is 11.1 Å². The summed E-state index contributed by atoms with van der Waals surface area (Å²) in [5, 5.41) is 3.00. The van der Waals surface area contributed by atoms with Crippen molar-refractivity contribution in [2.45, 2.75) is 6.54 Å². The van der Waals surface area contributed by atoms with Gasteiger partial charge in [0.05, 0.1) is 19.2 Å². The second-order valence-corrected chi connectivity index (χ2v) is 6.66. The highest BCUT2D eigenvalue weighted by Crippen LogP contribution is 2.32. The van der Waals surface area contributed by atoms with Crippen LogP contribution in [-0.2, 0) is 16.1 Å². The first-order chi connectivity index (χ1) is 14.6. The third kappa shape index (κ3) is 3.77. The van der Waals surface area contributed by atoms with Crippen LogP contribution in [0.5, 0.6) is 5.75 Å². The molecule has 1 N–H and O–H groups in total. The number of carbonyl (C=O) groups is 2. The van der Waals surface area contributed by atoms with Crippen molar-refractivity contribution >= 4 is 23.1 Å². The lowest BCUT2D eigenvalue weighted by Gasteiger charge is -2.15. The second kappa shape index (κ2) is 8.16. The van der Waals surface area contributed by atoms with Crippen LogP contribution in [0.25, 0.3) is 5.57 Å². The minimum atomic E-state index is -0.452. The Kier molecular flexibility index (Phi) is 5.26. The van der Waals surface area contributed by atoms with Crippen molar-refractivity contribution in [3.63, 3.8) is 0 Å². The third-order valence-corrected chi connectivity index (χ3v) is 4.75. The summed E-state index contributed by atoms with van der Waals surface area (Å²) in [6.45, 7) is 0.119. The number of ether oxygens (including phenoxy) is 1. The molecule has 2 amide bonds. The molecule has 1 aromatic heterocycles. The first-order valence-electron chi connectivity index (χ1n) is 9.23. The lowest BCUT2D eigenvalue weighted by Crippen LogP contribution is -2.32. The Morgan fingerprint density at radius 1 is 0.933 bits per heavy atom. The molecule has 0 unspecified atom stereocenters. The van der Waals surface area contributed by atoms with E-state index in [-0.39, 0.29) is 17.8 Å². The number of pyridine rings is 1. The van der Waals surface area contributed by atoms with Gasteiger partial charge >= 0.3 is 0 Å². The van der Waals surface area contributed by atoms with Crippen molar-refractivity contribution in [1.82, 2.24) is 9.88 Å². The highest BCUT2D eigenvalue weighted by Gasteiger charge is 2.39. The number of aromatic nitrogens is 1. The molecule has 0 saturated heterocycles. The van der Waals surface area contributed by atoms with Gasteiger partial charge in [0.2, 0.25) is 0 Å². The topological polar surface area (TPSA) is 71.5 Å². The Morgan fingerprint density at radius 2 is 1.60 bits per heavy atom. The zero-order valence-corrected chi connectivity index (χ0v) is 16.1. The molecule has 0 saturated carbocycles. The van der Waals surface area contributed by atoms with Crippen LogP contribution in [0.15, 0.2) is 78.8 Å². The first kappa shape index (κ1) is 19.3. The molecule has 2 aromatic carbocycles. The van der Waals surface area contributed by atoms with Crippen molar-refractivity contribution in [2.24, 2.45) is 0 Å². The van der Waals surface area contributed by atoms with E-state index in [9.17, 15) is 14.0 Å². The lowest BCUT2D eigenvalue weighted by atomic mass is 10.0. The van der Waals surface area contributed by atoms with Crippen molar-refractivity contribution in [2.75, 3.05) is 12.4 Å². The molecule has 6 nitrogen and oxygen atoms in total. The third-order valence-electron chi connectivity index (χ3n) is 4.75. The van der Waals surface area contributed by atoms with Gasteiger partial charge in [-0.2, -0.15) is 0 Å². The zero-order chi connectivity index (χ0) is 21.1. The van der Waals surface area contributed by atoms with E-state index in [0.717, 1.165) is 5.56 Å². The highest BCUT2D eigenvalue weighted by atomic mass is 19.1. The first-order valence-corrected chi connectivity index (χ1v) is 9.23. The van der Waals surface area contributed by atoms with E-state index >= 15 is 0 Å². The lowest BCUT2D eigenvalue weighted by molar-refractivity contribution is -0.137. The number of amides is 2. The van der Waals surface area contributed by atoms with E-state index in [2.05, 4.69) is 10.3 Å². The molecule has 1 aliphatic rings. The molecule has 0 radical (unpaired) electrons. The summed E-state index contributed by atoms with van der Waals surface area (Å²) in [6, 6.07) is 16.0. The molecule has 0 fully saturated rings. The summed E-state index contributed by atoms with van der Waals surface area (Å²) in [5.41, 5.74) is 2.26. The Morgan fingerprint density at radius 3 is 2.23 bits per heavy atom. The van der Waals surface area contributed by atoms with E-state index in [1.807, 2.05) is 0 Å². The summed E-state index contributed by atoms with van der Waals surface area (Å²) < 4.78 is 18.4. The van der Waals surface area contributed by atoms with Crippen LogP contribution in [0.4, 0.5) is 10.1 Å². The molecule has 2 heterocycles. The Hall–Kier alpha value is -4.00. The molecular formula is C23H18FN3O3. The number of hydrogen-bond donors (Lipinski definition) is 1. The van der Waals surface area contributed by atoms with Crippen LogP contribution < -0.4 is 10.1 Å². The van der Waals surface area contributed by atoms with Gasteiger partial charge in [-0.3, -0.25) is 19.5 Å². The van der Waals surface area contributed by atoms with Crippen molar-refractivity contribution < 1.29 is 18.7 Å². The molecule has 4 rings (SSSR count). The Bertz CT molecular complexity index is 1110. The number of benzene rings is 2. The fourth-order valence-electron chi connectivity index (χ4n) is 3.21. The second-order valence-electron chi connectivity index (χ2n) is 6.66. The maximum atomic E-state index is 13.3. The smallest absolute Gasteiger partial charge is 0.278 e. The minimum absolute atomic E-state index is 0.119. The Labute approximate surface area is 172 Å². The Balaban J connectivity index is 1.73. The summed E-state index contributed by atoms with van der Waals surface area (Å²) in [6.07, 6.45) is 3.21. The molecule has 0 aliphatic carbocycles. The van der Waals surface area contributed by atoms with Crippen molar-refractivity contribution in [1.29, 1.82) is 0 Å². The fraction of sp³-hybridized carbons (Fsp3) is 0.0870. The van der Waals surface area contributed by atoms with Crippen LogP contribution in [0.3, 0.4) is 0 Å². The van der Waals surface area contributed by atoms with Gasteiger partial charge in [-0.15, -0.1) is 0 Å². The van der Waals surface area contributed by atoms with Crippen molar-refractivity contribution in [3.05, 3.63) is 95.7 Å². The molecule has 3 aromatic rings. The predicted molar refractivity (Wildman–Crippen MR) is 110 cm³/mol. The quantitative estimate of drug-likeness (QED) is 0.637. The van der Waals surface area contributed by atoms with Gasteiger partial charge < -0.3 is 10.1 Å². The molecular weight excluding hydrogens is 385 g/mol. The minimum Gasteiger partial charge on any atom is -0.497 e. The fourth-order valence-corrected chi connectivity index (χ4v) is 3.21. The molecule has 1 aliphatic heterocycles. The molecule has 0 atom stereocenters. The molecule has 0 bridgehead atoms. The largest absolute Gasteiger partial charge is 0.497 e. The normalized spacial score (nSPS) is 13.7. The van der Waals surface area contributed by atoms with Crippen LogP contribution >= 0.6 is 0 Å². The number of carbonyl (C=O) groups excluding carboxylic acids is 2. The SMILES string of the molecule is COc1ccc(C2=C(Nc3ccc(F)cc3)C(=O)N(Cc3ccncc3)C2=O)cc1. The average Bonchev–Trinajstić information content (AvgIpc) is 3.00. The monoisotopic (exact) mass is 403 g/mol. The van der Waals surface area contributed by atoms with Gasteiger partial charge in [0, 0.05) is 18.1 Å². The van der Waals surface area contributed by atoms with Crippen LogP contribution in [-0.4, -0.2) is 28.8 Å². The number of imide groups is 1. The van der Waals surface area contributed by atoms with Gasteiger partial charge in [0.25, 0.3) is 11.8 Å². The van der Waals surface area contributed by atoms with E-state index in [1.165, 1.54) is 29.2 Å². The number of nitrogens with zero attached hydrogens (tertiary/aromatic N) is 2. The van der Waals surface area contributed by atoms with Gasteiger partial charge in [-0.1, -0.05) is 12.1 Å². The van der Waals surface area contributed by atoms with E-state index in [4.69, 9.17) is 4.74 Å². The molecule has 150 valence electrons. The number of anilines is 1. The number of halogens is 1. The van der Waals surface area contributed by atoms with Crippen LogP contribution in [0.2, 0.25) is 0 Å². The van der Waals surface area contributed by atoms with Gasteiger partial charge in [0.1, 0.15) is 17.3 Å². The number of rotatable bonds is 6. The van der Waals surface area contributed by atoms with Crippen molar-refractivity contribution in [3.8, 4) is 5.75 Å². The average molecular weight is 403 g/mol. The molecule has 0 spiro atoms. The zero-order valence-electron chi connectivity index (χ0n) is 16.1. The number of methoxy groups -OCH3 is 1. The van der Waals surface area contributed by atoms with E-state index in [1.54, 1.807) is 55.9 Å². The van der Waals surface area contributed by atoms with Gasteiger partial charge in [0.15, 0.2) is 0 Å². The molecule has 7 heteroatoms. The summed E-state index contributed by atoms with van der Waals surface area (Å²) >= 11 is 0. The maximum Gasteiger partial charge on any atom is 0.278 e. The number of nitrogens with one attached hydrogen (secondary N) is 1. The van der Waals surface area contributed by atoms with Gasteiger partial charge in [-0.25, -0.2) is 4.39 Å². The predicted octanol–water partition coefficient (Wildman–Crippen LogP) is 3.62. The summed E-state index contributed by atoms with van der Waals surface area (Å²) in [7, 11) is 1.55. The van der Waals surface area contributed by atoms with Gasteiger partial charge in [-0.05, 0) is 59.7 Å². The highest BCUT2D eigenvalue weighted by molar-refractivity contribution is 6.36. The number of hydrogen-bond acceptors (Lipinski definition) is 5. The van der Waals surface area contributed by atoms with E-state index < -0.39 is 17.6 Å². The summed E-state index contributed by atoms with van der Waals surface area (Å²) in [5.74, 6) is -0.616. The molecule has 30 heavy (non-hydrogen) atoms. The van der Waals surface area contributed by atoms with Crippen LogP contribution in [0, 0.1) is 5.82 Å².